The second-order valence-electron chi connectivity index (χ2n) is 6.83. The Morgan fingerprint density at radius 3 is 2.55 bits per heavy atom. The van der Waals surface area contributed by atoms with Gasteiger partial charge in [-0.25, -0.2) is 0 Å². The molecule has 0 aliphatic carbocycles. The number of rotatable bonds is 8. The number of ether oxygens (including phenoxy) is 1. The van der Waals surface area contributed by atoms with E-state index in [0.717, 1.165) is 17.8 Å². The Bertz CT molecular complexity index is 1000. The van der Waals surface area contributed by atoms with Crippen molar-refractivity contribution in [2.75, 3.05) is 0 Å². The van der Waals surface area contributed by atoms with Crippen LogP contribution in [0.5, 0.6) is 5.75 Å². The third-order valence-corrected chi connectivity index (χ3v) is 4.78. The van der Waals surface area contributed by atoms with Gasteiger partial charge in [0.15, 0.2) is 11.5 Å². The molecular formula is C22H25N3O4. The van der Waals surface area contributed by atoms with Gasteiger partial charge in [0.1, 0.15) is 18.1 Å². The van der Waals surface area contributed by atoms with E-state index in [1.165, 1.54) is 6.92 Å². The molecule has 0 radical (unpaired) electrons. The normalized spacial score (nSPS) is 11.9. The number of ketones is 1. The molecule has 0 fully saturated rings. The van der Waals surface area contributed by atoms with Crippen LogP contribution < -0.4 is 10.1 Å². The predicted molar refractivity (Wildman–Crippen MR) is 108 cm³/mol. The van der Waals surface area contributed by atoms with Gasteiger partial charge in [-0.2, -0.15) is 5.10 Å². The number of hydrogen-bond donors (Lipinski definition) is 1. The molecule has 2 heterocycles. The predicted octanol–water partition coefficient (Wildman–Crippen LogP) is 4.08. The number of carbonyl (C=O) groups is 2. The van der Waals surface area contributed by atoms with Gasteiger partial charge in [0.2, 0.25) is 0 Å². The van der Waals surface area contributed by atoms with Crippen LogP contribution in [0.4, 0.5) is 0 Å². The zero-order valence-electron chi connectivity index (χ0n) is 17.1. The van der Waals surface area contributed by atoms with Crippen molar-refractivity contribution in [1.29, 1.82) is 0 Å². The fraction of sp³-hybridized carbons (Fsp3) is 0.318. The molecule has 0 spiro atoms. The lowest BCUT2D eigenvalue weighted by molar-refractivity contribution is 0.0907. The van der Waals surface area contributed by atoms with Crippen LogP contribution in [-0.4, -0.2) is 21.5 Å². The minimum Gasteiger partial charge on any atom is -0.486 e. The summed E-state index contributed by atoms with van der Waals surface area (Å²) < 4.78 is 13.2. The first kappa shape index (κ1) is 20.4. The second-order valence-corrected chi connectivity index (χ2v) is 6.83. The number of Topliss-reactive ketones (excluding diaryl/α,β-unsaturated/α-hetero) is 1. The summed E-state index contributed by atoms with van der Waals surface area (Å²) in [7, 11) is 0. The third-order valence-electron chi connectivity index (χ3n) is 4.78. The standard InChI is InChI=1S/C22H25N3O4/c1-5-25-15(3)20(12-23-25)14(2)24-22(27)21-11-10-19(29-21)13-28-18-8-6-17(7-9-18)16(4)26/h6-12,14H,5,13H2,1-4H3,(H,24,27). The summed E-state index contributed by atoms with van der Waals surface area (Å²) in [5, 5.41) is 7.25. The number of carbonyl (C=O) groups excluding carboxylic acids is 2. The highest BCUT2D eigenvalue weighted by Gasteiger charge is 2.18. The molecule has 152 valence electrons. The van der Waals surface area contributed by atoms with Crippen molar-refractivity contribution < 1.29 is 18.7 Å². The molecule has 7 heteroatoms. The number of furan rings is 1. The fourth-order valence-corrected chi connectivity index (χ4v) is 3.07. The Morgan fingerprint density at radius 1 is 1.21 bits per heavy atom. The van der Waals surface area contributed by atoms with Crippen molar-refractivity contribution in [3.05, 3.63) is 70.9 Å². The largest absolute Gasteiger partial charge is 0.486 e. The van der Waals surface area contributed by atoms with Gasteiger partial charge in [-0.1, -0.05) is 0 Å². The Labute approximate surface area is 169 Å². The molecule has 3 aromatic rings. The summed E-state index contributed by atoms with van der Waals surface area (Å²) in [6.07, 6.45) is 1.78. The molecule has 3 rings (SSSR count). The first-order chi connectivity index (χ1) is 13.9. The smallest absolute Gasteiger partial charge is 0.287 e. The molecule has 0 saturated carbocycles. The van der Waals surface area contributed by atoms with Crippen LogP contribution in [0.25, 0.3) is 0 Å². The van der Waals surface area contributed by atoms with Crippen LogP contribution in [0.3, 0.4) is 0 Å². The molecule has 1 amide bonds. The lowest BCUT2D eigenvalue weighted by Gasteiger charge is -2.13. The average Bonchev–Trinajstić information content (AvgIpc) is 3.33. The van der Waals surface area contributed by atoms with Crippen molar-refractivity contribution in [3.8, 4) is 5.75 Å². The first-order valence-corrected chi connectivity index (χ1v) is 9.54. The average molecular weight is 395 g/mol. The molecule has 29 heavy (non-hydrogen) atoms. The van der Waals surface area contributed by atoms with E-state index in [1.54, 1.807) is 42.6 Å². The third kappa shape index (κ3) is 4.74. The van der Waals surface area contributed by atoms with Crippen molar-refractivity contribution in [3.63, 3.8) is 0 Å². The summed E-state index contributed by atoms with van der Waals surface area (Å²) in [6.45, 7) is 8.41. The number of benzene rings is 1. The maximum absolute atomic E-state index is 12.5. The van der Waals surface area contributed by atoms with Crippen LogP contribution in [0.15, 0.2) is 47.0 Å². The highest BCUT2D eigenvalue weighted by atomic mass is 16.5. The number of aromatic nitrogens is 2. The minimum absolute atomic E-state index is 0.00435. The summed E-state index contributed by atoms with van der Waals surface area (Å²) in [6, 6.07) is 10.0. The molecular weight excluding hydrogens is 370 g/mol. The van der Waals surface area contributed by atoms with Gasteiger partial charge in [0.05, 0.1) is 12.2 Å². The molecule has 0 bridgehead atoms. The van der Waals surface area contributed by atoms with Crippen LogP contribution >= 0.6 is 0 Å². The lowest BCUT2D eigenvalue weighted by Crippen LogP contribution is -2.26. The zero-order valence-corrected chi connectivity index (χ0v) is 17.1. The van der Waals surface area contributed by atoms with Crippen LogP contribution in [0.1, 0.15) is 64.7 Å². The van der Waals surface area contributed by atoms with Crippen molar-refractivity contribution in [2.24, 2.45) is 0 Å². The monoisotopic (exact) mass is 395 g/mol. The maximum Gasteiger partial charge on any atom is 0.287 e. The van der Waals surface area contributed by atoms with Crippen LogP contribution in [0, 0.1) is 6.92 Å². The number of nitrogens with zero attached hydrogens (tertiary/aromatic N) is 2. The molecule has 1 atom stereocenters. The molecule has 0 aliphatic heterocycles. The molecule has 1 N–H and O–H groups in total. The van der Waals surface area contributed by atoms with E-state index in [1.807, 2.05) is 25.5 Å². The van der Waals surface area contributed by atoms with E-state index >= 15 is 0 Å². The summed E-state index contributed by atoms with van der Waals surface area (Å²) in [5.74, 6) is 1.09. The van der Waals surface area contributed by atoms with Gasteiger partial charge in [-0.05, 0) is 64.1 Å². The Kier molecular flexibility index (Phi) is 6.16. The Balaban J connectivity index is 1.57. The van der Waals surface area contributed by atoms with Gasteiger partial charge in [0.25, 0.3) is 5.91 Å². The van der Waals surface area contributed by atoms with Gasteiger partial charge < -0.3 is 14.5 Å². The highest BCUT2D eigenvalue weighted by molar-refractivity contribution is 5.94. The minimum atomic E-state index is -0.293. The summed E-state index contributed by atoms with van der Waals surface area (Å²) >= 11 is 0. The van der Waals surface area contributed by atoms with E-state index in [2.05, 4.69) is 10.4 Å². The van der Waals surface area contributed by atoms with Crippen molar-refractivity contribution in [2.45, 2.75) is 46.9 Å². The fourth-order valence-electron chi connectivity index (χ4n) is 3.07. The summed E-state index contributed by atoms with van der Waals surface area (Å²) in [4.78, 5) is 23.8. The zero-order chi connectivity index (χ0) is 21.0. The molecule has 0 aliphatic rings. The summed E-state index contributed by atoms with van der Waals surface area (Å²) in [5.41, 5.74) is 2.64. The molecule has 1 aromatic carbocycles. The number of hydrogen-bond acceptors (Lipinski definition) is 5. The van der Waals surface area contributed by atoms with Crippen molar-refractivity contribution >= 4 is 11.7 Å². The van der Waals surface area contributed by atoms with Crippen molar-refractivity contribution in [1.82, 2.24) is 15.1 Å². The van der Waals surface area contributed by atoms with E-state index in [-0.39, 0.29) is 30.1 Å². The van der Waals surface area contributed by atoms with Crippen LogP contribution in [-0.2, 0) is 13.2 Å². The number of aryl methyl sites for hydroxylation is 1. The number of amides is 1. The van der Waals surface area contributed by atoms with Gasteiger partial charge in [0, 0.05) is 23.4 Å². The molecule has 1 unspecified atom stereocenters. The van der Waals surface area contributed by atoms with Gasteiger partial charge in [-0.15, -0.1) is 0 Å². The molecule has 0 saturated heterocycles. The topological polar surface area (TPSA) is 86.4 Å². The van der Waals surface area contributed by atoms with E-state index < -0.39 is 0 Å². The first-order valence-electron chi connectivity index (χ1n) is 9.54. The maximum atomic E-state index is 12.5. The van der Waals surface area contributed by atoms with Crippen LogP contribution in [0.2, 0.25) is 0 Å². The second kappa shape index (κ2) is 8.77. The van der Waals surface area contributed by atoms with E-state index in [9.17, 15) is 9.59 Å². The van der Waals surface area contributed by atoms with E-state index in [4.69, 9.17) is 9.15 Å². The number of nitrogens with one attached hydrogen (secondary N) is 1. The lowest BCUT2D eigenvalue weighted by atomic mass is 10.1. The molecule has 2 aromatic heterocycles. The Morgan fingerprint density at radius 2 is 1.93 bits per heavy atom. The molecule has 7 nitrogen and oxygen atoms in total. The highest BCUT2D eigenvalue weighted by Crippen LogP contribution is 2.19. The Hall–Kier alpha value is -3.35. The van der Waals surface area contributed by atoms with Gasteiger partial charge in [-0.3, -0.25) is 14.3 Å². The van der Waals surface area contributed by atoms with Gasteiger partial charge >= 0.3 is 0 Å². The van der Waals surface area contributed by atoms with E-state index in [0.29, 0.717) is 17.1 Å². The quantitative estimate of drug-likeness (QED) is 0.581. The SMILES string of the molecule is CCn1ncc(C(C)NC(=O)c2ccc(COc3ccc(C(C)=O)cc3)o2)c1C.